The van der Waals surface area contributed by atoms with Crippen LogP contribution >= 0.6 is 11.6 Å². The molecular formula is C15H14ClF2N3O. The highest BCUT2D eigenvalue weighted by Gasteiger charge is 2.17. The van der Waals surface area contributed by atoms with Gasteiger partial charge in [0, 0.05) is 18.3 Å². The first kappa shape index (κ1) is 16.2. The molecule has 1 heterocycles. The van der Waals surface area contributed by atoms with Crippen LogP contribution in [-0.2, 0) is 6.54 Å². The van der Waals surface area contributed by atoms with Crippen molar-refractivity contribution in [1.82, 2.24) is 4.98 Å². The van der Waals surface area contributed by atoms with E-state index in [9.17, 15) is 13.6 Å². The molecule has 116 valence electrons. The number of hydrogen-bond donors (Lipinski definition) is 1. The summed E-state index contributed by atoms with van der Waals surface area (Å²) in [4.78, 5) is 16.8. The van der Waals surface area contributed by atoms with Crippen molar-refractivity contribution >= 4 is 23.3 Å². The minimum Gasteiger partial charge on any atom is -0.366 e. The number of benzene rings is 1. The van der Waals surface area contributed by atoms with Crippen LogP contribution in [0, 0.1) is 11.6 Å². The van der Waals surface area contributed by atoms with Gasteiger partial charge in [0.05, 0.1) is 17.1 Å². The molecule has 1 amide bonds. The van der Waals surface area contributed by atoms with Gasteiger partial charge in [0.15, 0.2) is 0 Å². The summed E-state index contributed by atoms with van der Waals surface area (Å²) in [6, 6.07) is 5.07. The molecular weight excluding hydrogens is 312 g/mol. The van der Waals surface area contributed by atoms with Crippen LogP contribution in [0.1, 0.15) is 22.8 Å². The molecule has 0 saturated heterocycles. The van der Waals surface area contributed by atoms with Gasteiger partial charge < -0.3 is 10.6 Å². The highest BCUT2D eigenvalue weighted by molar-refractivity contribution is 6.33. The van der Waals surface area contributed by atoms with Gasteiger partial charge in [-0.05, 0) is 25.1 Å². The fourth-order valence-electron chi connectivity index (χ4n) is 2.01. The molecule has 2 N–H and O–H groups in total. The molecule has 1 aromatic heterocycles. The topological polar surface area (TPSA) is 59.2 Å². The summed E-state index contributed by atoms with van der Waals surface area (Å²) in [7, 11) is 0. The van der Waals surface area contributed by atoms with Gasteiger partial charge in [-0.25, -0.2) is 13.8 Å². The van der Waals surface area contributed by atoms with Crippen LogP contribution in [0.2, 0.25) is 5.02 Å². The fourth-order valence-corrected chi connectivity index (χ4v) is 2.29. The van der Waals surface area contributed by atoms with Gasteiger partial charge in [-0.15, -0.1) is 0 Å². The molecule has 4 nitrogen and oxygen atoms in total. The van der Waals surface area contributed by atoms with E-state index in [2.05, 4.69) is 4.98 Å². The van der Waals surface area contributed by atoms with Gasteiger partial charge in [-0.2, -0.15) is 0 Å². The molecule has 2 aromatic rings. The Labute approximate surface area is 131 Å². The van der Waals surface area contributed by atoms with E-state index in [0.717, 1.165) is 0 Å². The number of carbonyl (C=O) groups is 1. The highest BCUT2D eigenvalue weighted by Crippen LogP contribution is 2.26. The Morgan fingerprint density at radius 1 is 1.36 bits per heavy atom. The lowest BCUT2D eigenvalue weighted by atomic mass is 10.1. The van der Waals surface area contributed by atoms with Crippen LogP contribution in [0.5, 0.6) is 0 Å². The Kier molecular flexibility index (Phi) is 4.92. The van der Waals surface area contributed by atoms with Crippen LogP contribution in [0.4, 0.5) is 14.6 Å². The number of hydrogen-bond acceptors (Lipinski definition) is 3. The van der Waals surface area contributed by atoms with Crippen LogP contribution in [-0.4, -0.2) is 17.4 Å². The third-order valence-corrected chi connectivity index (χ3v) is 3.48. The van der Waals surface area contributed by atoms with E-state index >= 15 is 0 Å². The zero-order valence-electron chi connectivity index (χ0n) is 11.8. The number of rotatable bonds is 5. The van der Waals surface area contributed by atoms with Gasteiger partial charge in [-0.1, -0.05) is 17.7 Å². The van der Waals surface area contributed by atoms with E-state index in [0.29, 0.717) is 12.4 Å². The van der Waals surface area contributed by atoms with E-state index in [1.54, 1.807) is 11.8 Å². The Morgan fingerprint density at radius 3 is 2.50 bits per heavy atom. The molecule has 0 fully saturated rings. The van der Waals surface area contributed by atoms with Crippen LogP contribution < -0.4 is 10.6 Å². The third-order valence-electron chi connectivity index (χ3n) is 3.20. The molecule has 0 atom stereocenters. The number of nitrogens with zero attached hydrogens (tertiary/aromatic N) is 2. The van der Waals surface area contributed by atoms with E-state index in [4.69, 9.17) is 17.3 Å². The average molecular weight is 326 g/mol. The van der Waals surface area contributed by atoms with Crippen molar-refractivity contribution in [3.05, 3.63) is 58.2 Å². The number of aromatic nitrogens is 1. The van der Waals surface area contributed by atoms with Crippen LogP contribution in [0.25, 0.3) is 0 Å². The zero-order valence-corrected chi connectivity index (χ0v) is 12.6. The van der Waals surface area contributed by atoms with Crippen molar-refractivity contribution in [3.63, 3.8) is 0 Å². The molecule has 0 aliphatic rings. The molecule has 7 heteroatoms. The number of nitrogens with two attached hydrogens (primary N) is 1. The number of halogens is 3. The van der Waals surface area contributed by atoms with E-state index in [-0.39, 0.29) is 22.7 Å². The van der Waals surface area contributed by atoms with Crippen molar-refractivity contribution in [1.29, 1.82) is 0 Å². The lowest BCUT2D eigenvalue weighted by Crippen LogP contribution is -2.25. The van der Waals surface area contributed by atoms with Crippen molar-refractivity contribution in [2.45, 2.75) is 13.5 Å². The van der Waals surface area contributed by atoms with Crippen LogP contribution in [0.15, 0.2) is 30.5 Å². The monoisotopic (exact) mass is 325 g/mol. The first-order valence-electron chi connectivity index (χ1n) is 6.57. The molecule has 22 heavy (non-hydrogen) atoms. The maximum atomic E-state index is 13.8. The van der Waals surface area contributed by atoms with E-state index in [1.165, 1.54) is 30.5 Å². The second-order valence-corrected chi connectivity index (χ2v) is 5.02. The quantitative estimate of drug-likeness (QED) is 0.918. The summed E-state index contributed by atoms with van der Waals surface area (Å²) in [5.41, 5.74) is 5.25. The van der Waals surface area contributed by atoms with Gasteiger partial charge in [-0.3, -0.25) is 4.79 Å². The lowest BCUT2D eigenvalue weighted by Gasteiger charge is -2.23. The molecule has 0 saturated carbocycles. The van der Waals surface area contributed by atoms with Crippen molar-refractivity contribution in [2.24, 2.45) is 5.73 Å². The standard InChI is InChI=1S/C15H14ClF2N3O/c1-2-21(8-10-12(17)4-3-5-13(10)18)15-11(16)6-9(7-20-15)14(19)22/h3-7H,2,8H2,1H3,(H2,19,22). The first-order chi connectivity index (χ1) is 10.4. The SMILES string of the molecule is CCN(Cc1c(F)cccc1F)c1ncc(C(N)=O)cc1Cl. The third kappa shape index (κ3) is 3.33. The molecule has 0 bridgehead atoms. The van der Waals surface area contributed by atoms with Gasteiger partial charge in [0.2, 0.25) is 5.91 Å². The molecule has 0 spiro atoms. The predicted molar refractivity (Wildman–Crippen MR) is 80.8 cm³/mol. The average Bonchev–Trinajstić information content (AvgIpc) is 2.47. The summed E-state index contributed by atoms with van der Waals surface area (Å²) in [6.07, 6.45) is 1.28. The summed E-state index contributed by atoms with van der Waals surface area (Å²) in [5, 5.41) is 0.190. The summed E-state index contributed by atoms with van der Waals surface area (Å²) < 4.78 is 27.5. The van der Waals surface area contributed by atoms with Crippen molar-refractivity contribution in [3.8, 4) is 0 Å². The number of amides is 1. The molecule has 2 rings (SSSR count). The van der Waals surface area contributed by atoms with E-state index < -0.39 is 17.5 Å². The van der Waals surface area contributed by atoms with Crippen LogP contribution in [0.3, 0.4) is 0 Å². The Balaban J connectivity index is 2.35. The maximum absolute atomic E-state index is 13.8. The Hall–Kier alpha value is -2.21. The van der Waals surface area contributed by atoms with E-state index in [1.807, 2.05) is 0 Å². The van der Waals surface area contributed by atoms with Crippen molar-refractivity contribution < 1.29 is 13.6 Å². The number of carbonyl (C=O) groups excluding carboxylic acids is 1. The maximum Gasteiger partial charge on any atom is 0.250 e. The summed E-state index contributed by atoms with van der Waals surface area (Å²) >= 11 is 6.09. The number of pyridine rings is 1. The summed E-state index contributed by atoms with van der Waals surface area (Å²) in [5.74, 6) is -1.59. The normalized spacial score (nSPS) is 10.5. The minimum absolute atomic E-state index is 0.0301. The number of primary amides is 1. The van der Waals surface area contributed by atoms with Gasteiger partial charge >= 0.3 is 0 Å². The predicted octanol–water partition coefficient (Wildman–Crippen LogP) is 3.14. The second kappa shape index (κ2) is 6.70. The molecule has 0 aliphatic carbocycles. The fraction of sp³-hybridized carbons (Fsp3) is 0.200. The summed E-state index contributed by atoms with van der Waals surface area (Å²) in [6.45, 7) is 2.20. The highest BCUT2D eigenvalue weighted by atomic mass is 35.5. The smallest absolute Gasteiger partial charge is 0.250 e. The largest absolute Gasteiger partial charge is 0.366 e. The zero-order chi connectivity index (χ0) is 16.3. The Morgan fingerprint density at radius 2 is 2.00 bits per heavy atom. The van der Waals surface area contributed by atoms with Crippen molar-refractivity contribution in [2.75, 3.05) is 11.4 Å². The molecule has 0 radical (unpaired) electrons. The second-order valence-electron chi connectivity index (χ2n) is 4.61. The Bertz CT molecular complexity index is 689. The lowest BCUT2D eigenvalue weighted by molar-refractivity contribution is 0.1000. The van der Waals surface area contributed by atoms with Gasteiger partial charge in [0.1, 0.15) is 17.5 Å². The molecule has 0 aliphatic heterocycles. The molecule has 0 unspecified atom stereocenters. The number of anilines is 1. The minimum atomic E-state index is -0.649. The van der Waals surface area contributed by atoms with Gasteiger partial charge in [0.25, 0.3) is 0 Å². The molecule has 1 aromatic carbocycles. The first-order valence-corrected chi connectivity index (χ1v) is 6.95.